The highest BCUT2D eigenvalue weighted by atomic mass is 32.2. The number of amides is 1. The fourth-order valence-electron chi connectivity index (χ4n) is 5.65. The van der Waals surface area contributed by atoms with E-state index in [-0.39, 0.29) is 23.8 Å². The monoisotopic (exact) mass is 724 g/mol. The zero-order chi connectivity index (χ0) is 35.4. The number of carbonyl (C=O) groups excluding carboxylic acids is 1. The maximum absolute atomic E-state index is 16.6. The molecule has 6 rings (SSSR count). The van der Waals surface area contributed by atoms with Crippen LogP contribution >= 0.6 is 11.3 Å². The molecule has 1 aliphatic heterocycles. The number of aromatic nitrogens is 2. The van der Waals surface area contributed by atoms with Crippen LogP contribution in [0.5, 0.6) is 0 Å². The second-order valence-electron chi connectivity index (χ2n) is 11.5. The Kier molecular flexibility index (Phi) is 10.4. The van der Waals surface area contributed by atoms with Crippen molar-refractivity contribution in [2.24, 2.45) is 0 Å². The van der Waals surface area contributed by atoms with Crippen LogP contribution in [0.3, 0.4) is 0 Å². The minimum atomic E-state index is -4.85. The molecule has 0 unspecified atom stereocenters. The highest BCUT2D eigenvalue weighted by molar-refractivity contribution is 7.92. The number of pyridine rings is 1. The molecule has 0 N–H and O–H groups in total. The summed E-state index contributed by atoms with van der Waals surface area (Å²) in [5.74, 6) is -3.29. The number of methoxy groups -OCH3 is 1. The summed E-state index contributed by atoms with van der Waals surface area (Å²) in [6.45, 7) is 0.273. The van der Waals surface area contributed by atoms with E-state index in [9.17, 15) is 27.2 Å². The highest BCUT2D eigenvalue weighted by Crippen LogP contribution is 2.43. The number of sulfonamides is 1. The quantitative estimate of drug-likeness (QED) is 0.0880. The van der Waals surface area contributed by atoms with Crippen molar-refractivity contribution in [2.45, 2.75) is 30.3 Å². The van der Waals surface area contributed by atoms with E-state index >= 15 is 4.39 Å². The normalized spacial score (nSPS) is 13.7. The van der Waals surface area contributed by atoms with Crippen molar-refractivity contribution >= 4 is 33.1 Å². The van der Waals surface area contributed by atoms with Crippen LogP contribution in [0.25, 0.3) is 21.7 Å². The number of ether oxygens (including phenoxy) is 2. The fraction of sp³-hybridized carbons (Fsp3) is 0.229. The van der Waals surface area contributed by atoms with Crippen LogP contribution in [0.15, 0.2) is 96.2 Å². The molecular weight excluding hydrogens is 694 g/mol. The molecule has 0 saturated carbocycles. The van der Waals surface area contributed by atoms with E-state index < -0.39 is 50.9 Å². The molecular formula is C35H31F3N4O6S2. The van der Waals surface area contributed by atoms with Gasteiger partial charge >= 0.3 is 6.09 Å². The minimum absolute atomic E-state index is 0.0585. The van der Waals surface area contributed by atoms with Crippen LogP contribution < -0.4 is 9.04 Å². The number of nitrogens with zero attached hydrogens (tertiary/aromatic N) is 4. The molecule has 15 heteroatoms. The maximum atomic E-state index is 16.6. The predicted molar refractivity (Wildman–Crippen MR) is 180 cm³/mol. The first-order valence-corrected chi connectivity index (χ1v) is 17.7. The van der Waals surface area contributed by atoms with Gasteiger partial charge in [0.05, 0.1) is 21.3 Å². The van der Waals surface area contributed by atoms with Gasteiger partial charge in [0.2, 0.25) is 0 Å². The van der Waals surface area contributed by atoms with Gasteiger partial charge in [0.1, 0.15) is 29.9 Å². The zero-order valence-corrected chi connectivity index (χ0v) is 28.3. The third-order valence-corrected chi connectivity index (χ3v) is 11.2. The predicted octanol–water partition coefficient (Wildman–Crippen LogP) is 6.84. The lowest BCUT2D eigenvalue weighted by Crippen LogP contribution is -2.38. The average molecular weight is 725 g/mol. The number of hydrogen-bond donors (Lipinski definition) is 0. The van der Waals surface area contributed by atoms with Crippen molar-refractivity contribution in [1.82, 2.24) is 9.88 Å². The summed E-state index contributed by atoms with van der Waals surface area (Å²) in [5.41, 5.74) is 1.12. The maximum Gasteiger partial charge on any atom is 0.410 e. The Morgan fingerprint density at radius 2 is 1.74 bits per heavy atom. The molecule has 1 saturated heterocycles. The van der Waals surface area contributed by atoms with Gasteiger partial charge in [0, 0.05) is 49.4 Å². The summed E-state index contributed by atoms with van der Waals surface area (Å²) in [6.07, 6.45) is 3.29. The fourth-order valence-corrected chi connectivity index (χ4v) is 8.36. The summed E-state index contributed by atoms with van der Waals surface area (Å²) in [5, 5.41) is 12.5. The van der Waals surface area contributed by atoms with Gasteiger partial charge in [0.15, 0.2) is 18.2 Å². The van der Waals surface area contributed by atoms with Crippen molar-refractivity contribution < 1.29 is 40.6 Å². The van der Waals surface area contributed by atoms with E-state index in [2.05, 4.69) is 0 Å². The van der Waals surface area contributed by atoms with Gasteiger partial charge in [-0.25, -0.2) is 35.7 Å². The van der Waals surface area contributed by atoms with Gasteiger partial charge in [-0.05, 0) is 48.7 Å². The Hall–Kier alpha value is -4.99. The van der Waals surface area contributed by atoms with E-state index in [1.807, 2.05) is 30.3 Å². The number of carbonyl (C=O) groups is 1. The minimum Gasteiger partial charge on any atom is -0.619 e. The van der Waals surface area contributed by atoms with E-state index in [0.29, 0.717) is 62.5 Å². The lowest BCUT2D eigenvalue weighted by atomic mass is 9.97. The lowest BCUT2D eigenvalue weighted by molar-refractivity contribution is -0.605. The molecule has 5 aromatic rings. The number of benzene rings is 3. The Bertz CT molecular complexity index is 2090. The molecule has 1 amide bonds. The topological polar surface area (TPSA) is 116 Å². The summed E-state index contributed by atoms with van der Waals surface area (Å²) in [7, 11) is -3.66. The Morgan fingerprint density at radius 1 is 1.02 bits per heavy atom. The number of anilines is 1. The molecule has 3 aromatic carbocycles. The summed E-state index contributed by atoms with van der Waals surface area (Å²) >= 11 is 1.30. The molecule has 260 valence electrons. The smallest absolute Gasteiger partial charge is 0.410 e. The molecule has 10 nitrogen and oxygen atoms in total. The Balaban J connectivity index is 1.32. The van der Waals surface area contributed by atoms with Crippen molar-refractivity contribution in [1.29, 1.82) is 0 Å². The van der Waals surface area contributed by atoms with Crippen LogP contribution in [0.4, 0.5) is 23.7 Å². The highest BCUT2D eigenvalue weighted by Gasteiger charge is 2.33. The number of hydrogen-bond acceptors (Lipinski definition) is 8. The summed E-state index contributed by atoms with van der Waals surface area (Å²) in [6, 6.07) is 18.5. The third kappa shape index (κ3) is 7.29. The van der Waals surface area contributed by atoms with Crippen molar-refractivity contribution in [3.8, 4) is 21.7 Å². The van der Waals surface area contributed by atoms with Crippen molar-refractivity contribution in [3.05, 3.63) is 124 Å². The van der Waals surface area contributed by atoms with Crippen LogP contribution in [-0.4, -0.2) is 51.3 Å². The molecule has 1 fully saturated rings. The van der Waals surface area contributed by atoms with Gasteiger partial charge in [-0.15, -0.1) is 11.3 Å². The van der Waals surface area contributed by atoms with Gasteiger partial charge in [-0.2, -0.15) is 4.73 Å². The number of piperidine rings is 1. The van der Waals surface area contributed by atoms with E-state index in [4.69, 9.17) is 14.5 Å². The standard InChI is InChI=1S/C35H31F3N4O6S2/c1-47-22-42(50(45,46)30-20-26(36)10-11-28(30)37)29-9-5-8-27(31(29)38)32-33(24-14-18-41(44)19-15-24)49-34(39-32)25-12-16-40(17-13-25)35(43)48-21-23-6-3-2-4-7-23/h2-11,14-15,18-20,25H,12-13,16-17,21-22H2,1H3. The second kappa shape index (κ2) is 14.9. The van der Waals surface area contributed by atoms with Gasteiger partial charge in [0.25, 0.3) is 10.0 Å². The SMILES string of the molecule is COCN(c1cccc(-c2nc(C3CCN(C(=O)OCc4ccccc4)CC3)sc2-c2cc[n+]([O-])cc2)c1F)S(=O)(=O)c1cc(F)ccc1F. The molecule has 2 aromatic heterocycles. The Labute approximate surface area is 290 Å². The molecule has 0 aliphatic carbocycles. The first kappa shape index (κ1) is 34.9. The van der Waals surface area contributed by atoms with Crippen LogP contribution in [-0.2, 0) is 26.1 Å². The third-order valence-electron chi connectivity index (χ3n) is 8.23. The summed E-state index contributed by atoms with van der Waals surface area (Å²) < 4.78 is 84.2. The van der Waals surface area contributed by atoms with Gasteiger partial charge in [-0.1, -0.05) is 36.4 Å². The molecule has 3 heterocycles. The molecule has 0 atom stereocenters. The number of thiazole rings is 1. The van der Waals surface area contributed by atoms with Crippen LogP contribution in [0.2, 0.25) is 0 Å². The molecule has 0 radical (unpaired) electrons. The number of likely N-dealkylation sites (tertiary alicyclic amines) is 1. The van der Waals surface area contributed by atoms with Crippen molar-refractivity contribution in [2.75, 3.05) is 31.2 Å². The largest absolute Gasteiger partial charge is 0.619 e. The molecule has 1 aliphatic rings. The lowest BCUT2D eigenvalue weighted by Gasteiger charge is -2.30. The summed E-state index contributed by atoms with van der Waals surface area (Å²) in [4.78, 5) is 18.8. The van der Waals surface area contributed by atoms with E-state index in [0.717, 1.165) is 11.6 Å². The van der Waals surface area contributed by atoms with Crippen LogP contribution in [0.1, 0.15) is 29.3 Å². The second-order valence-corrected chi connectivity index (χ2v) is 14.3. The van der Waals surface area contributed by atoms with Crippen molar-refractivity contribution in [3.63, 3.8) is 0 Å². The molecule has 0 bridgehead atoms. The average Bonchev–Trinajstić information content (AvgIpc) is 3.57. The first-order valence-electron chi connectivity index (χ1n) is 15.5. The number of halogens is 3. The Morgan fingerprint density at radius 3 is 2.44 bits per heavy atom. The van der Waals surface area contributed by atoms with Gasteiger partial charge in [-0.3, -0.25) is 0 Å². The van der Waals surface area contributed by atoms with E-state index in [1.54, 1.807) is 17.0 Å². The van der Waals surface area contributed by atoms with E-state index in [1.165, 1.54) is 49.0 Å². The number of rotatable bonds is 10. The molecule has 50 heavy (non-hydrogen) atoms. The zero-order valence-electron chi connectivity index (χ0n) is 26.7. The van der Waals surface area contributed by atoms with Crippen LogP contribution in [0, 0.1) is 22.7 Å². The molecule has 0 spiro atoms. The first-order chi connectivity index (χ1) is 24.1. The van der Waals surface area contributed by atoms with Gasteiger partial charge < -0.3 is 19.6 Å².